The highest BCUT2D eigenvalue weighted by atomic mass is 79.9. The highest BCUT2D eigenvalue weighted by Crippen LogP contribution is 2.29. The van der Waals surface area contributed by atoms with E-state index in [1.165, 1.54) is 32.1 Å². The lowest BCUT2D eigenvalue weighted by molar-refractivity contribution is 0.327. The van der Waals surface area contributed by atoms with Crippen LogP contribution in [0, 0.1) is 5.92 Å². The molecule has 1 aliphatic rings. The van der Waals surface area contributed by atoms with Crippen molar-refractivity contribution in [2.45, 2.75) is 64.8 Å². The summed E-state index contributed by atoms with van der Waals surface area (Å²) in [7, 11) is 0. The topological polar surface area (TPSA) is 37.8 Å². The summed E-state index contributed by atoms with van der Waals surface area (Å²) >= 11 is 3.48. The van der Waals surface area contributed by atoms with Gasteiger partial charge in [0.2, 0.25) is 0 Å². The van der Waals surface area contributed by atoms with Gasteiger partial charge in [-0.05, 0) is 34.7 Å². The monoisotopic (exact) mass is 325 g/mol. The van der Waals surface area contributed by atoms with E-state index in [0.717, 1.165) is 22.2 Å². The normalized spacial score (nSPS) is 23.6. The Balaban J connectivity index is 2.06. The number of hydrogen-bond donors (Lipinski definition) is 1. The summed E-state index contributed by atoms with van der Waals surface area (Å²) in [5, 5.41) is 3.60. The summed E-state index contributed by atoms with van der Waals surface area (Å²) in [6, 6.07) is 2.56. The maximum atomic E-state index is 4.63. The van der Waals surface area contributed by atoms with E-state index in [-0.39, 0.29) is 0 Å². The third-order valence-corrected chi connectivity index (χ3v) is 4.35. The Hall–Kier alpha value is -0.640. The van der Waals surface area contributed by atoms with E-state index in [0.29, 0.717) is 12.0 Å². The van der Waals surface area contributed by atoms with Crippen molar-refractivity contribution < 1.29 is 0 Å². The Bertz CT molecular complexity index is 420. The van der Waals surface area contributed by atoms with Crippen molar-refractivity contribution in [2.24, 2.45) is 5.92 Å². The number of hydrogen-bond acceptors (Lipinski definition) is 3. The van der Waals surface area contributed by atoms with Crippen molar-refractivity contribution in [1.82, 2.24) is 9.97 Å². The molecule has 19 heavy (non-hydrogen) atoms. The third-order valence-electron chi connectivity index (χ3n) is 3.94. The van der Waals surface area contributed by atoms with Gasteiger partial charge in [0.25, 0.3) is 0 Å². The minimum atomic E-state index is 0.354. The summed E-state index contributed by atoms with van der Waals surface area (Å²) in [4.78, 5) is 9.05. The van der Waals surface area contributed by atoms with Gasteiger partial charge in [0, 0.05) is 18.0 Å². The SMILES string of the molecule is CCC1CCCC(Nc2cc(Br)nc(C(C)C)n2)C1. The first-order chi connectivity index (χ1) is 9.08. The van der Waals surface area contributed by atoms with Crippen molar-refractivity contribution in [3.05, 3.63) is 16.5 Å². The zero-order valence-electron chi connectivity index (χ0n) is 12.1. The second-order valence-electron chi connectivity index (χ2n) is 5.87. The summed E-state index contributed by atoms with van der Waals surface area (Å²) in [6.07, 6.45) is 6.55. The van der Waals surface area contributed by atoms with Crippen LogP contribution in [0.5, 0.6) is 0 Å². The molecule has 0 amide bonds. The molecule has 1 aliphatic carbocycles. The molecule has 1 aromatic heterocycles. The largest absolute Gasteiger partial charge is 0.367 e. The molecule has 0 bridgehead atoms. The first-order valence-electron chi connectivity index (χ1n) is 7.39. The molecular formula is C15H24BrN3. The molecule has 4 heteroatoms. The smallest absolute Gasteiger partial charge is 0.134 e. The van der Waals surface area contributed by atoms with Crippen molar-refractivity contribution in [1.29, 1.82) is 0 Å². The Morgan fingerprint density at radius 3 is 2.84 bits per heavy atom. The van der Waals surface area contributed by atoms with Gasteiger partial charge < -0.3 is 5.32 Å². The van der Waals surface area contributed by atoms with Crippen LogP contribution < -0.4 is 5.32 Å². The van der Waals surface area contributed by atoms with Gasteiger partial charge >= 0.3 is 0 Å². The number of nitrogens with one attached hydrogen (secondary N) is 1. The average Bonchev–Trinajstić information content (AvgIpc) is 2.38. The molecule has 1 saturated carbocycles. The summed E-state index contributed by atoms with van der Waals surface area (Å²) in [5.74, 6) is 3.10. The highest BCUT2D eigenvalue weighted by molar-refractivity contribution is 9.10. The van der Waals surface area contributed by atoms with Crippen molar-refractivity contribution in [2.75, 3.05) is 5.32 Å². The van der Waals surface area contributed by atoms with Gasteiger partial charge in [-0.25, -0.2) is 9.97 Å². The second kappa shape index (κ2) is 6.69. The minimum absolute atomic E-state index is 0.354. The van der Waals surface area contributed by atoms with Crippen molar-refractivity contribution in [3.8, 4) is 0 Å². The van der Waals surface area contributed by atoms with Crippen LogP contribution in [0.25, 0.3) is 0 Å². The predicted molar refractivity (Wildman–Crippen MR) is 83.5 cm³/mol. The lowest BCUT2D eigenvalue weighted by atomic mass is 9.84. The highest BCUT2D eigenvalue weighted by Gasteiger charge is 2.21. The van der Waals surface area contributed by atoms with Crippen LogP contribution in [-0.4, -0.2) is 16.0 Å². The van der Waals surface area contributed by atoms with Crippen LogP contribution in [0.1, 0.15) is 64.6 Å². The molecule has 0 aromatic carbocycles. The fourth-order valence-corrected chi connectivity index (χ4v) is 3.17. The van der Waals surface area contributed by atoms with Gasteiger partial charge in [0.05, 0.1) is 0 Å². The van der Waals surface area contributed by atoms with Crippen molar-refractivity contribution >= 4 is 21.7 Å². The van der Waals surface area contributed by atoms with Crippen LogP contribution in [0.4, 0.5) is 5.82 Å². The molecule has 2 atom stereocenters. The first kappa shape index (κ1) is 14.8. The van der Waals surface area contributed by atoms with E-state index < -0.39 is 0 Å². The zero-order chi connectivity index (χ0) is 13.8. The van der Waals surface area contributed by atoms with Crippen molar-refractivity contribution in [3.63, 3.8) is 0 Å². The fraction of sp³-hybridized carbons (Fsp3) is 0.733. The maximum absolute atomic E-state index is 4.63. The fourth-order valence-electron chi connectivity index (χ4n) is 2.77. The standard InChI is InChI=1S/C15H24BrN3/c1-4-11-6-5-7-12(8-11)17-14-9-13(16)18-15(19-14)10(2)3/h9-12H,4-8H2,1-3H3,(H,17,18,19). The summed E-state index contributed by atoms with van der Waals surface area (Å²) in [5.41, 5.74) is 0. The average molecular weight is 326 g/mol. The number of halogens is 1. The summed E-state index contributed by atoms with van der Waals surface area (Å²) < 4.78 is 0.872. The molecule has 1 aromatic rings. The van der Waals surface area contributed by atoms with Crippen LogP contribution in [0.15, 0.2) is 10.7 Å². The van der Waals surface area contributed by atoms with Crippen LogP contribution in [-0.2, 0) is 0 Å². The van der Waals surface area contributed by atoms with Gasteiger partial charge in [-0.15, -0.1) is 0 Å². The third kappa shape index (κ3) is 4.16. The van der Waals surface area contributed by atoms with Crippen LogP contribution in [0.2, 0.25) is 0 Å². The van der Waals surface area contributed by atoms with Gasteiger partial charge in [-0.2, -0.15) is 0 Å². The van der Waals surface area contributed by atoms with Crippen LogP contribution >= 0.6 is 15.9 Å². The van der Waals surface area contributed by atoms with Gasteiger partial charge in [-0.1, -0.05) is 40.0 Å². The molecule has 0 spiro atoms. The number of nitrogens with zero attached hydrogens (tertiary/aromatic N) is 2. The van der Waals surface area contributed by atoms with Gasteiger partial charge in [0.1, 0.15) is 16.2 Å². The molecule has 106 valence electrons. The van der Waals surface area contributed by atoms with E-state index >= 15 is 0 Å². The lowest BCUT2D eigenvalue weighted by Crippen LogP contribution is -2.27. The Morgan fingerprint density at radius 2 is 2.16 bits per heavy atom. The van der Waals surface area contributed by atoms with E-state index in [1.54, 1.807) is 0 Å². The minimum Gasteiger partial charge on any atom is -0.367 e. The molecule has 0 aliphatic heterocycles. The van der Waals surface area contributed by atoms with E-state index in [1.807, 2.05) is 6.07 Å². The summed E-state index contributed by atoms with van der Waals surface area (Å²) in [6.45, 7) is 6.55. The number of aromatic nitrogens is 2. The molecule has 2 unspecified atom stereocenters. The predicted octanol–water partition coefficient (Wildman–Crippen LogP) is 4.74. The lowest BCUT2D eigenvalue weighted by Gasteiger charge is -2.29. The van der Waals surface area contributed by atoms with Gasteiger partial charge in [0.15, 0.2) is 0 Å². The molecule has 1 fully saturated rings. The number of anilines is 1. The Morgan fingerprint density at radius 1 is 1.37 bits per heavy atom. The molecule has 1 N–H and O–H groups in total. The van der Waals surface area contributed by atoms with E-state index in [2.05, 4.69) is 52.0 Å². The number of rotatable bonds is 4. The molecule has 1 heterocycles. The second-order valence-corrected chi connectivity index (χ2v) is 6.68. The van der Waals surface area contributed by atoms with E-state index in [9.17, 15) is 0 Å². The Labute approximate surface area is 124 Å². The quantitative estimate of drug-likeness (QED) is 0.812. The molecule has 3 nitrogen and oxygen atoms in total. The Kier molecular flexibility index (Phi) is 5.20. The zero-order valence-corrected chi connectivity index (χ0v) is 13.7. The van der Waals surface area contributed by atoms with Gasteiger partial charge in [-0.3, -0.25) is 0 Å². The molecule has 0 radical (unpaired) electrons. The molecule has 0 saturated heterocycles. The van der Waals surface area contributed by atoms with Crippen LogP contribution in [0.3, 0.4) is 0 Å². The maximum Gasteiger partial charge on any atom is 0.134 e. The first-order valence-corrected chi connectivity index (χ1v) is 8.18. The molecule has 2 rings (SSSR count). The van der Waals surface area contributed by atoms with E-state index in [4.69, 9.17) is 0 Å². The molecular weight excluding hydrogens is 302 g/mol.